The van der Waals surface area contributed by atoms with Gasteiger partial charge in [-0.3, -0.25) is 9.69 Å². The number of thioether (sulfide) groups is 1. The van der Waals surface area contributed by atoms with Gasteiger partial charge in [0.25, 0.3) is 0 Å². The van der Waals surface area contributed by atoms with Crippen LogP contribution in [0.1, 0.15) is 30.0 Å². The Morgan fingerprint density at radius 2 is 2.00 bits per heavy atom. The van der Waals surface area contributed by atoms with Gasteiger partial charge in [0.2, 0.25) is 0 Å². The first-order chi connectivity index (χ1) is 12.1. The Morgan fingerprint density at radius 1 is 1.24 bits per heavy atom. The number of hydrogen-bond acceptors (Lipinski definition) is 3. The maximum absolute atomic E-state index is 13.8. The van der Waals surface area contributed by atoms with E-state index in [1.54, 1.807) is 23.9 Å². The second-order valence-electron chi connectivity index (χ2n) is 6.40. The number of nitrogens with zero attached hydrogens (tertiary/aromatic N) is 1. The molecule has 1 heterocycles. The van der Waals surface area contributed by atoms with E-state index in [1.807, 2.05) is 12.3 Å². The van der Waals surface area contributed by atoms with Crippen molar-refractivity contribution in [2.45, 2.75) is 23.8 Å². The molecule has 1 saturated heterocycles. The summed E-state index contributed by atoms with van der Waals surface area (Å²) >= 11 is 1.68. The van der Waals surface area contributed by atoms with Gasteiger partial charge in [-0.1, -0.05) is 24.3 Å². The molecule has 2 unspecified atom stereocenters. The molecule has 0 bridgehead atoms. The van der Waals surface area contributed by atoms with E-state index in [0.29, 0.717) is 13.0 Å². The number of halogens is 1. The van der Waals surface area contributed by atoms with E-state index in [-0.39, 0.29) is 17.8 Å². The first kappa shape index (κ1) is 18.0. The molecule has 0 aliphatic carbocycles. The minimum Gasteiger partial charge on any atom is -0.481 e. The average Bonchev–Trinajstić information content (AvgIpc) is 2.63. The third-order valence-electron chi connectivity index (χ3n) is 4.76. The van der Waals surface area contributed by atoms with Crippen molar-refractivity contribution in [1.82, 2.24) is 4.90 Å². The van der Waals surface area contributed by atoms with Crippen molar-refractivity contribution in [1.29, 1.82) is 0 Å². The van der Waals surface area contributed by atoms with Crippen LogP contribution < -0.4 is 0 Å². The normalized spacial score (nSPS) is 19.5. The van der Waals surface area contributed by atoms with E-state index < -0.39 is 5.97 Å². The Kier molecular flexibility index (Phi) is 5.76. The number of aliphatic carboxylic acids is 1. The Morgan fingerprint density at radius 3 is 2.64 bits per heavy atom. The van der Waals surface area contributed by atoms with Crippen LogP contribution in [0.5, 0.6) is 0 Å². The van der Waals surface area contributed by atoms with Crippen LogP contribution in [0.4, 0.5) is 4.39 Å². The number of rotatable bonds is 5. The zero-order chi connectivity index (χ0) is 17.8. The number of carbonyl (C=O) groups is 1. The second-order valence-corrected chi connectivity index (χ2v) is 7.28. The van der Waals surface area contributed by atoms with Crippen LogP contribution in [0.2, 0.25) is 0 Å². The van der Waals surface area contributed by atoms with Crippen LogP contribution in [0.25, 0.3) is 0 Å². The summed E-state index contributed by atoms with van der Waals surface area (Å²) in [6.07, 6.45) is 3.57. The maximum atomic E-state index is 13.8. The molecule has 132 valence electrons. The molecule has 1 aliphatic heterocycles. The summed E-state index contributed by atoms with van der Waals surface area (Å²) in [6.45, 7) is 1.30. The van der Waals surface area contributed by atoms with E-state index in [9.17, 15) is 14.3 Å². The minimum absolute atomic E-state index is 0.131. The Balaban J connectivity index is 1.97. The molecule has 0 spiro atoms. The predicted molar refractivity (Wildman–Crippen MR) is 98.4 cm³/mol. The van der Waals surface area contributed by atoms with Gasteiger partial charge in [-0.15, -0.1) is 11.8 Å². The highest BCUT2D eigenvalue weighted by Gasteiger charge is 2.31. The maximum Gasteiger partial charge on any atom is 0.307 e. The van der Waals surface area contributed by atoms with Crippen LogP contribution in [-0.2, 0) is 4.79 Å². The molecule has 3 rings (SSSR count). The number of carboxylic acids is 1. The van der Waals surface area contributed by atoms with Crippen LogP contribution in [0.15, 0.2) is 53.4 Å². The number of carboxylic acid groups (broad SMARTS) is 1. The summed E-state index contributed by atoms with van der Waals surface area (Å²) in [5.41, 5.74) is 1.93. The second kappa shape index (κ2) is 8.02. The van der Waals surface area contributed by atoms with E-state index in [0.717, 1.165) is 24.1 Å². The van der Waals surface area contributed by atoms with Crippen molar-refractivity contribution in [2.75, 3.05) is 19.3 Å². The van der Waals surface area contributed by atoms with Gasteiger partial charge in [-0.25, -0.2) is 4.39 Å². The molecule has 0 amide bonds. The zero-order valence-electron chi connectivity index (χ0n) is 14.2. The fourth-order valence-electron chi connectivity index (χ4n) is 3.52. The average molecular weight is 359 g/mol. The lowest BCUT2D eigenvalue weighted by Crippen LogP contribution is -2.41. The Labute approximate surface area is 151 Å². The quantitative estimate of drug-likeness (QED) is 0.802. The molecule has 25 heavy (non-hydrogen) atoms. The van der Waals surface area contributed by atoms with E-state index in [2.05, 4.69) is 29.2 Å². The molecule has 1 aliphatic rings. The molecule has 2 aromatic rings. The first-order valence-corrected chi connectivity index (χ1v) is 9.67. The van der Waals surface area contributed by atoms with Crippen LogP contribution >= 0.6 is 11.8 Å². The topological polar surface area (TPSA) is 40.5 Å². The summed E-state index contributed by atoms with van der Waals surface area (Å²) < 4.78 is 13.8. The molecule has 2 atom stereocenters. The van der Waals surface area contributed by atoms with Crippen molar-refractivity contribution in [2.24, 2.45) is 5.92 Å². The lowest BCUT2D eigenvalue weighted by Gasteiger charge is -2.37. The van der Waals surface area contributed by atoms with E-state index >= 15 is 0 Å². The summed E-state index contributed by atoms with van der Waals surface area (Å²) in [7, 11) is 0. The van der Waals surface area contributed by atoms with Gasteiger partial charge >= 0.3 is 5.97 Å². The third kappa shape index (κ3) is 4.22. The van der Waals surface area contributed by atoms with Crippen molar-refractivity contribution >= 4 is 17.7 Å². The number of hydrogen-bond donors (Lipinski definition) is 1. The number of benzene rings is 2. The highest BCUT2D eigenvalue weighted by molar-refractivity contribution is 7.98. The van der Waals surface area contributed by atoms with Gasteiger partial charge in [-0.2, -0.15) is 0 Å². The van der Waals surface area contributed by atoms with Crippen molar-refractivity contribution in [3.05, 3.63) is 65.5 Å². The van der Waals surface area contributed by atoms with E-state index in [4.69, 9.17) is 0 Å². The highest BCUT2D eigenvalue weighted by atomic mass is 32.2. The largest absolute Gasteiger partial charge is 0.481 e. The molecule has 1 N–H and O–H groups in total. The standard InChI is InChI=1S/C20H22FNO2S/c1-25-18-9-7-14(8-10-18)19(15-4-2-6-17(21)12-15)22-11-3-5-16(13-22)20(23)24/h2,4,6-10,12,16,19H,3,5,11,13H2,1H3,(H,23,24). The summed E-state index contributed by atoms with van der Waals surface area (Å²) in [4.78, 5) is 14.8. The van der Waals surface area contributed by atoms with Crippen molar-refractivity contribution in [3.8, 4) is 0 Å². The Bertz CT molecular complexity index is 735. The van der Waals surface area contributed by atoms with Crippen LogP contribution in [0, 0.1) is 11.7 Å². The number of piperidine rings is 1. The predicted octanol–water partition coefficient (Wildman–Crippen LogP) is 4.43. The van der Waals surface area contributed by atoms with Gasteiger partial charge < -0.3 is 5.11 Å². The molecule has 0 radical (unpaired) electrons. The fraction of sp³-hybridized carbons (Fsp3) is 0.350. The SMILES string of the molecule is CSc1ccc(C(c2cccc(F)c2)N2CCCC(C(=O)O)C2)cc1. The van der Waals surface area contributed by atoms with Crippen molar-refractivity contribution < 1.29 is 14.3 Å². The molecular weight excluding hydrogens is 337 g/mol. The van der Waals surface area contributed by atoms with Crippen LogP contribution in [0.3, 0.4) is 0 Å². The fourth-order valence-corrected chi connectivity index (χ4v) is 3.93. The highest BCUT2D eigenvalue weighted by Crippen LogP contribution is 2.33. The molecule has 1 fully saturated rings. The van der Waals surface area contributed by atoms with Gasteiger partial charge in [-0.05, 0) is 61.0 Å². The van der Waals surface area contributed by atoms with Gasteiger partial charge in [0.15, 0.2) is 0 Å². The van der Waals surface area contributed by atoms with Crippen molar-refractivity contribution in [3.63, 3.8) is 0 Å². The molecule has 3 nitrogen and oxygen atoms in total. The van der Waals surface area contributed by atoms with Crippen LogP contribution in [-0.4, -0.2) is 35.3 Å². The summed E-state index contributed by atoms with van der Waals surface area (Å²) in [5, 5.41) is 9.40. The molecule has 2 aromatic carbocycles. The monoisotopic (exact) mass is 359 g/mol. The smallest absolute Gasteiger partial charge is 0.307 e. The molecule has 0 aromatic heterocycles. The van der Waals surface area contributed by atoms with Gasteiger partial charge in [0.05, 0.1) is 12.0 Å². The summed E-state index contributed by atoms with van der Waals surface area (Å²) in [6, 6.07) is 14.7. The summed E-state index contributed by atoms with van der Waals surface area (Å²) in [5.74, 6) is -1.38. The first-order valence-electron chi connectivity index (χ1n) is 8.44. The van der Waals surface area contributed by atoms with Gasteiger partial charge in [0.1, 0.15) is 5.82 Å². The molecule has 5 heteroatoms. The molecule has 0 saturated carbocycles. The Hall–Kier alpha value is -1.85. The molecular formula is C20H22FNO2S. The third-order valence-corrected chi connectivity index (χ3v) is 5.51. The zero-order valence-corrected chi connectivity index (χ0v) is 15.0. The lowest BCUT2D eigenvalue weighted by atomic mass is 9.91. The van der Waals surface area contributed by atoms with Gasteiger partial charge in [0, 0.05) is 11.4 Å². The lowest BCUT2D eigenvalue weighted by molar-refractivity contribution is -0.143. The van der Waals surface area contributed by atoms with E-state index in [1.165, 1.54) is 11.0 Å². The minimum atomic E-state index is -0.750. The number of likely N-dealkylation sites (tertiary alicyclic amines) is 1.